The number of rotatable bonds is 4. The third-order valence-corrected chi connectivity index (χ3v) is 6.23. The summed E-state index contributed by atoms with van der Waals surface area (Å²) < 4.78 is 0. The molecule has 0 aromatic carbocycles. The molecule has 4 aliphatic carbocycles. The van der Waals surface area contributed by atoms with Gasteiger partial charge in [-0.3, -0.25) is 0 Å². The molecule has 0 saturated heterocycles. The van der Waals surface area contributed by atoms with Gasteiger partial charge in [0.25, 0.3) is 0 Å². The van der Waals surface area contributed by atoms with Gasteiger partial charge in [-0.2, -0.15) is 0 Å². The standard InChI is InChI=1S/C17H26O3/c1-3-4-16(8-11(2)15(18)19)14-6-12-5-13(7-14)10-17(16,20)9-12/h8,12-14,20H,3-7,9-10H2,1-2H3,(H,18,19). The first-order chi connectivity index (χ1) is 9.40. The van der Waals surface area contributed by atoms with E-state index < -0.39 is 11.6 Å². The largest absolute Gasteiger partial charge is 0.478 e. The molecule has 3 unspecified atom stereocenters. The van der Waals surface area contributed by atoms with Gasteiger partial charge in [-0.05, 0) is 63.2 Å². The minimum atomic E-state index is -0.849. The van der Waals surface area contributed by atoms with Gasteiger partial charge in [0.2, 0.25) is 0 Å². The van der Waals surface area contributed by atoms with E-state index in [-0.39, 0.29) is 5.41 Å². The summed E-state index contributed by atoms with van der Waals surface area (Å²) in [5, 5.41) is 20.6. The molecule has 3 nitrogen and oxygen atoms in total. The van der Waals surface area contributed by atoms with Crippen LogP contribution in [-0.2, 0) is 4.79 Å². The number of hydrogen-bond acceptors (Lipinski definition) is 2. The highest BCUT2D eigenvalue weighted by molar-refractivity contribution is 5.86. The quantitative estimate of drug-likeness (QED) is 0.775. The summed E-state index contributed by atoms with van der Waals surface area (Å²) in [7, 11) is 0. The molecule has 2 N–H and O–H groups in total. The summed E-state index contributed by atoms with van der Waals surface area (Å²) in [5.74, 6) is 0.966. The van der Waals surface area contributed by atoms with Gasteiger partial charge in [-0.1, -0.05) is 19.4 Å². The average molecular weight is 278 g/mol. The summed E-state index contributed by atoms with van der Waals surface area (Å²) in [6.07, 6.45) is 9.25. The van der Waals surface area contributed by atoms with Crippen molar-refractivity contribution in [2.24, 2.45) is 23.2 Å². The van der Waals surface area contributed by atoms with E-state index in [2.05, 4.69) is 6.92 Å². The molecule has 20 heavy (non-hydrogen) atoms. The number of carboxylic acid groups (broad SMARTS) is 1. The zero-order valence-electron chi connectivity index (χ0n) is 12.6. The highest BCUT2D eigenvalue weighted by atomic mass is 16.4. The molecule has 112 valence electrons. The lowest BCUT2D eigenvalue weighted by Gasteiger charge is -2.65. The van der Waals surface area contributed by atoms with Crippen LogP contribution in [0.15, 0.2) is 11.6 Å². The molecule has 3 atom stereocenters. The predicted octanol–water partition coefficient (Wildman–Crippen LogP) is 3.37. The fourth-order valence-electron chi connectivity index (χ4n) is 5.74. The van der Waals surface area contributed by atoms with Gasteiger partial charge < -0.3 is 10.2 Å². The van der Waals surface area contributed by atoms with Crippen molar-refractivity contribution in [2.75, 3.05) is 0 Å². The summed E-state index contributed by atoms with van der Waals surface area (Å²) >= 11 is 0. The van der Waals surface area contributed by atoms with Gasteiger partial charge >= 0.3 is 5.97 Å². The molecule has 0 amide bonds. The molecule has 4 bridgehead atoms. The van der Waals surface area contributed by atoms with Crippen molar-refractivity contribution < 1.29 is 15.0 Å². The predicted molar refractivity (Wildman–Crippen MR) is 77.2 cm³/mol. The Kier molecular flexibility index (Phi) is 3.24. The summed E-state index contributed by atoms with van der Waals surface area (Å²) in [6.45, 7) is 3.81. The fourth-order valence-corrected chi connectivity index (χ4v) is 5.74. The van der Waals surface area contributed by atoms with E-state index in [0.717, 1.165) is 25.7 Å². The van der Waals surface area contributed by atoms with E-state index in [1.54, 1.807) is 6.92 Å². The molecule has 0 spiro atoms. The van der Waals surface area contributed by atoms with Gasteiger partial charge in [0, 0.05) is 11.0 Å². The van der Waals surface area contributed by atoms with Crippen molar-refractivity contribution in [3.63, 3.8) is 0 Å². The second-order valence-corrected chi connectivity index (χ2v) is 7.50. The molecule has 4 saturated carbocycles. The van der Waals surface area contributed by atoms with Crippen LogP contribution < -0.4 is 0 Å². The zero-order valence-corrected chi connectivity index (χ0v) is 12.6. The SMILES string of the molecule is CCCC1(C=C(C)C(=O)O)C2CC3CC(C2)CC1(O)C3. The molecule has 4 fully saturated rings. The molecule has 4 rings (SSSR count). The smallest absolute Gasteiger partial charge is 0.330 e. The van der Waals surface area contributed by atoms with Crippen LogP contribution in [0.1, 0.15) is 58.8 Å². The number of aliphatic carboxylic acids is 1. The number of carbonyl (C=O) groups is 1. The normalized spacial score (nSPS) is 46.8. The summed E-state index contributed by atoms with van der Waals surface area (Å²) in [6, 6.07) is 0. The van der Waals surface area contributed by atoms with E-state index in [9.17, 15) is 15.0 Å². The van der Waals surface area contributed by atoms with Crippen molar-refractivity contribution in [2.45, 2.75) is 64.4 Å². The van der Waals surface area contributed by atoms with Crippen molar-refractivity contribution in [1.29, 1.82) is 0 Å². The molecule has 0 aliphatic heterocycles. The minimum Gasteiger partial charge on any atom is -0.478 e. The summed E-state index contributed by atoms with van der Waals surface area (Å²) in [5.41, 5.74) is -0.550. The topological polar surface area (TPSA) is 57.5 Å². The van der Waals surface area contributed by atoms with Gasteiger partial charge in [-0.25, -0.2) is 4.79 Å². The highest BCUT2D eigenvalue weighted by Crippen LogP contribution is 2.66. The molecular formula is C17H26O3. The second kappa shape index (κ2) is 4.59. The Labute approximate surface area is 121 Å². The first-order valence-corrected chi connectivity index (χ1v) is 8.05. The van der Waals surface area contributed by atoms with Crippen LogP contribution in [-0.4, -0.2) is 21.8 Å². The Morgan fingerprint density at radius 1 is 1.25 bits per heavy atom. The molecule has 0 aromatic rings. The van der Waals surface area contributed by atoms with Gasteiger partial charge in [0.05, 0.1) is 5.60 Å². The fraction of sp³-hybridized carbons (Fsp3) is 0.824. The zero-order chi connectivity index (χ0) is 14.5. The van der Waals surface area contributed by atoms with E-state index in [1.807, 2.05) is 6.08 Å². The second-order valence-electron chi connectivity index (χ2n) is 7.50. The van der Waals surface area contributed by atoms with Crippen LogP contribution in [0.2, 0.25) is 0 Å². The number of aliphatic hydroxyl groups is 1. The number of hydrogen-bond donors (Lipinski definition) is 2. The maximum absolute atomic E-state index is 11.3. The van der Waals surface area contributed by atoms with E-state index in [4.69, 9.17) is 0 Å². The number of carboxylic acids is 1. The lowest BCUT2D eigenvalue weighted by atomic mass is 9.42. The monoisotopic (exact) mass is 278 g/mol. The Balaban J connectivity index is 2.05. The average Bonchev–Trinajstić information content (AvgIpc) is 2.34. The van der Waals surface area contributed by atoms with Crippen molar-refractivity contribution in [1.82, 2.24) is 0 Å². The Bertz CT molecular complexity index is 439. The van der Waals surface area contributed by atoms with E-state index in [0.29, 0.717) is 23.3 Å². The molecule has 0 radical (unpaired) electrons. The first-order valence-electron chi connectivity index (χ1n) is 8.05. The van der Waals surface area contributed by atoms with Crippen LogP contribution in [0.3, 0.4) is 0 Å². The van der Waals surface area contributed by atoms with Crippen LogP contribution >= 0.6 is 0 Å². The summed E-state index contributed by atoms with van der Waals surface area (Å²) in [4.78, 5) is 11.3. The Morgan fingerprint density at radius 3 is 2.30 bits per heavy atom. The lowest BCUT2D eigenvalue weighted by molar-refractivity contribution is -0.210. The first kappa shape index (κ1) is 14.1. The Morgan fingerprint density at radius 2 is 1.85 bits per heavy atom. The molecule has 4 aliphatic rings. The Hall–Kier alpha value is -0.830. The molecule has 0 aromatic heterocycles. The van der Waals surface area contributed by atoms with Crippen molar-refractivity contribution in [3.05, 3.63) is 11.6 Å². The maximum Gasteiger partial charge on any atom is 0.330 e. The van der Waals surface area contributed by atoms with Crippen LogP contribution in [0.4, 0.5) is 0 Å². The molecule has 0 heterocycles. The lowest BCUT2D eigenvalue weighted by Crippen LogP contribution is -2.63. The van der Waals surface area contributed by atoms with Gasteiger partial charge in [-0.15, -0.1) is 0 Å². The third kappa shape index (κ3) is 1.86. The van der Waals surface area contributed by atoms with E-state index in [1.165, 1.54) is 19.3 Å². The van der Waals surface area contributed by atoms with Crippen LogP contribution in [0, 0.1) is 23.2 Å². The van der Waals surface area contributed by atoms with Crippen molar-refractivity contribution >= 4 is 5.97 Å². The van der Waals surface area contributed by atoms with Crippen LogP contribution in [0.25, 0.3) is 0 Å². The minimum absolute atomic E-state index is 0.294. The van der Waals surface area contributed by atoms with Crippen LogP contribution in [0.5, 0.6) is 0 Å². The molecular weight excluding hydrogens is 252 g/mol. The maximum atomic E-state index is 11.3. The van der Waals surface area contributed by atoms with Gasteiger partial charge in [0.1, 0.15) is 0 Å². The molecule has 3 heteroatoms. The van der Waals surface area contributed by atoms with E-state index >= 15 is 0 Å². The van der Waals surface area contributed by atoms with Crippen molar-refractivity contribution in [3.8, 4) is 0 Å². The third-order valence-electron chi connectivity index (χ3n) is 6.23. The highest BCUT2D eigenvalue weighted by Gasteiger charge is 2.63. The van der Waals surface area contributed by atoms with Gasteiger partial charge in [0.15, 0.2) is 0 Å².